The first kappa shape index (κ1) is 20.2. The fraction of sp³-hybridized carbons (Fsp3) is 0.211. The van der Waals surface area contributed by atoms with Crippen LogP contribution in [0.3, 0.4) is 0 Å². The number of aromatic nitrogens is 2. The number of benzene rings is 2. The van der Waals surface area contributed by atoms with Crippen LogP contribution in [0.25, 0.3) is 0 Å². The van der Waals surface area contributed by atoms with Crippen LogP contribution in [-0.2, 0) is 10.5 Å². The van der Waals surface area contributed by atoms with E-state index in [1.807, 2.05) is 49.4 Å². The summed E-state index contributed by atoms with van der Waals surface area (Å²) in [6.45, 7) is 4.08. The Balaban J connectivity index is 1.46. The summed E-state index contributed by atoms with van der Waals surface area (Å²) < 4.78 is 1.69. The Labute approximate surface area is 176 Å². The molecular weight excluding hydrogens is 418 g/mol. The monoisotopic (exact) mass is 435 g/mol. The molecule has 0 unspecified atom stereocenters. The van der Waals surface area contributed by atoms with Crippen molar-refractivity contribution in [3.8, 4) is 0 Å². The van der Waals surface area contributed by atoms with Crippen LogP contribution in [0.15, 0.2) is 51.1 Å². The molecular formula is C19H18ClN3OS3. The molecule has 0 atom stereocenters. The predicted octanol–water partition coefficient (Wildman–Crippen LogP) is 5.83. The van der Waals surface area contributed by atoms with Crippen LogP contribution in [0.2, 0.25) is 5.02 Å². The number of nitrogens with one attached hydrogen (secondary N) is 1. The summed E-state index contributed by atoms with van der Waals surface area (Å²) in [4.78, 5) is 12.1. The lowest BCUT2D eigenvalue weighted by molar-refractivity contribution is -0.113. The highest BCUT2D eigenvalue weighted by Crippen LogP contribution is 2.31. The highest BCUT2D eigenvalue weighted by atomic mass is 35.5. The molecule has 0 radical (unpaired) electrons. The second-order valence-electron chi connectivity index (χ2n) is 5.88. The van der Waals surface area contributed by atoms with Crippen LogP contribution in [0.1, 0.15) is 16.7 Å². The van der Waals surface area contributed by atoms with Crippen molar-refractivity contribution in [1.29, 1.82) is 0 Å². The Morgan fingerprint density at radius 3 is 2.44 bits per heavy atom. The van der Waals surface area contributed by atoms with E-state index < -0.39 is 0 Å². The SMILES string of the molecule is Cc1ccc(NC(=O)CSc2nnc(SCc3ccc(Cl)cc3)s2)cc1C. The number of hydrogen-bond donors (Lipinski definition) is 1. The molecule has 3 aromatic rings. The van der Waals surface area contributed by atoms with Gasteiger partial charge < -0.3 is 5.32 Å². The number of thioether (sulfide) groups is 2. The van der Waals surface area contributed by atoms with Crippen molar-refractivity contribution in [1.82, 2.24) is 10.2 Å². The lowest BCUT2D eigenvalue weighted by Crippen LogP contribution is -2.14. The molecule has 1 heterocycles. The maximum Gasteiger partial charge on any atom is 0.234 e. The number of carbonyl (C=O) groups is 1. The number of aryl methyl sites for hydroxylation is 2. The normalized spacial score (nSPS) is 10.8. The van der Waals surface area contributed by atoms with Crippen molar-refractivity contribution >= 4 is 58.1 Å². The van der Waals surface area contributed by atoms with Crippen LogP contribution in [0, 0.1) is 13.8 Å². The topological polar surface area (TPSA) is 54.9 Å². The Bertz CT molecular complexity index is 928. The van der Waals surface area contributed by atoms with Gasteiger partial charge in [0.25, 0.3) is 0 Å². The molecule has 0 saturated carbocycles. The van der Waals surface area contributed by atoms with E-state index in [0.29, 0.717) is 5.75 Å². The summed E-state index contributed by atoms with van der Waals surface area (Å²) in [5.74, 6) is 1.07. The third-order valence-electron chi connectivity index (χ3n) is 3.78. The quantitative estimate of drug-likeness (QED) is 0.473. The van der Waals surface area contributed by atoms with E-state index in [4.69, 9.17) is 11.6 Å². The van der Waals surface area contributed by atoms with Gasteiger partial charge in [-0.3, -0.25) is 4.79 Å². The molecule has 1 amide bonds. The van der Waals surface area contributed by atoms with E-state index in [2.05, 4.69) is 22.4 Å². The largest absolute Gasteiger partial charge is 0.325 e. The van der Waals surface area contributed by atoms with E-state index in [0.717, 1.165) is 30.7 Å². The highest BCUT2D eigenvalue weighted by Gasteiger charge is 2.09. The van der Waals surface area contributed by atoms with Crippen molar-refractivity contribution in [3.05, 3.63) is 64.2 Å². The maximum atomic E-state index is 12.1. The average molecular weight is 436 g/mol. The van der Waals surface area contributed by atoms with E-state index in [9.17, 15) is 4.79 Å². The molecule has 27 heavy (non-hydrogen) atoms. The van der Waals surface area contributed by atoms with Crippen molar-refractivity contribution in [2.24, 2.45) is 0 Å². The lowest BCUT2D eigenvalue weighted by atomic mass is 10.1. The van der Waals surface area contributed by atoms with Crippen LogP contribution >= 0.6 is 46.5 Å². The van der Waals surface area contributed by atoms with Gasteiger partial charge in [-0.1, -0.05) is 64.7 Å². The number of carbonyl (C=O) groups excluding carboxylic acids is 1. The number of rotatable bonds is 7. The Morgan fingerprint density at radius 2 is 1.74 bits per heavy atom. The van der Waals surface area contributed by atoms with Gasteiger partial charge in [-0.2, -0.15) is 0 Å². The van der Waals surface area contributed by atoms with Crippen LogP contribution < -0.4 is 5.32 Å². The summed E-state index contributed by atoms with van der Waals surface area (Å²) in [5, 5.41) is 12.0. The van der Waals surface area contributed by atoms with Crippen LogP contribution in [0.5, 0.6) is 0 Å². The second kappa shape index (κ2) is 9.59. The molecule has 0 fully saturated rings. The van der Waals surface area contributed by atoms with Crippen molar-refractivity contribution in [2.75, 3.05) is 11.1 Å². The minimum Gasteiger partial charge on any atom is -0.325 e. The molecule has 3 rings (SSSR count). The van der Waals surface area contributed by atoms with Gasteiger partial charge in [0.05, 0.1) is 5.75 Å². The minimum absolute atomic E-state index is 0.0474. The molecule has 1 aromatic heterocycles. The third kappa shape index (κ3) is 6.24. The van der Waals surface area contributed by atoms with Crippen molar-refractivity contribution in [2.45, 2.75) is 28.3 Å². The zero-order valence-corrected chi connectivity index (χ0v) is 18.1. The molecule has 0 bridgehead atoms. The van der Waals surface area contributed by atoms with Crippen LogP contribution in [0.4, 0.5) is 5.69 Å². The molecule has 4 nitrogen and oxygen atoms in total. The highest BCUT2D eigenvalue weighted by molar-refractivity contribution is 8.03. The first-order valence-electron chi connectivity index (χ1n) is 8.20. The van der Waals surface area contributed by atoms with Gasteiger partial charge in [0.15, 0.2) is 8.68 Å². The fourth-order valence-electron chi connectivity index (χ4n) is 2.18. The molecule has 0 aliphatic carbocycles. The summed E-state index contributed by atoms with van der Waals surface area (Å²) in [7, 11) is 0. The zero-order valence-electron chi connectivity index (χ0n) is 14.9. The lowest BCUT2D eigenvalue weighted by Gasteiger charge is -2.06. The molecule has 0 aliphatic rings. The fourth-order valence-corrected chi connectivity index (χ4v) is 5.08. The maximum absolute atomic E-state index is 12.1. The second-order valence-corrected chi connectivity index (χ2v) is 9.74. The van der Waals surface area contributed by atoms with Crippen molar-refractivity contribution < 1.29 is 4.79 Å². The zero-order chi connectivity index (χ0) is 19.2. The number of anilines is 1. The summed E-state index contributed by atoms with van der Waals surface area (Å²) in [6.07, 6.45) is 0. The van der Waals surface area contributed by atoms with Crippen LogP contribution in [-0.4, -0.2) is 21.9 Å². The minimum atomic E-state index is -0.0474. The summed E-state index contributed by atoms with van der Waals surface area (Å²) in [5.41, 5.74) is 4.37. The van der Waals surface area contributed by atoms with Gasteiger partial charge in [0.2, 0.25) is 5.91 Å². The molecule has 0 spiro atoms. The van der Waals surface area contributed by atoms with Gasteiger partial charge in [-0.25, -0.2) is 0 Å². The van der Waals surface area contributed by atoms with Gasteiger partial charge in [-0.15, -0.1) is 10.2 Å². The Kier molecular flexibility index (Phi) is 7.18. The molecule has 140 valence electrons. The molecule has 1 N–H and O–H groups in total. The Hall–Kier alpha value is -1.54. The number of amides is 1. The van der Waals surface area contributed by atoms with E-state index in [1.165, 1.54) is 34.2 Å². The number of nitrogens with zero attached hydrogens (tertiary/aromatic N) is 2. The van der Waals surface area contributed by atoms with Gasteiger partial charge in [0.1, 0.15) is 0 Å². The predicted molar refractivity (Wildman–Crippen MR) is 116 cm³/mol. The molecule has 2 aromatic carbocycles. The van der Waals surface area contributed by atoms with Crippen molar-refractivity contribution in [3.63, 3.8) is 0 Å². The van der Waals surface area contributed by atoms with Gasteiger partial charge >= 0.3 is 0 Å². The summed E-state index contributed by atoms with van der Waals surface area (Å²) >= 11 is 10.4. The third-order valence-corrected chi connectivity index (χ3v) is 7.29. The smallest absolute Gasteiger partial charge is 0.234 e. The molecule has 8 heteroatoms. The van der Waals surface area contributed by atoms with E-state index >= 15 is 0 Å². The standard InChI is InChI=1S/C19H18ClN3OS3/c1-12-3-8-16(9-13(12)2)21-17(24)11-26-19-23-22-18(27-19)25-10-14-4-6-15(20)7-5-14/h3-9H,10-11H2,1-2H3,(H,21,24). The summed E-state index contributed by atoms with van der Waals surface area (Å²) in [6, 6.07) is 13.7. The Morgan fingerprint density at radius 1 is 1.04 bits per heavy atom. The van der Waals surface area contributed by atoms with Gasteiger partial charge in [-0.05, 0) is 54.8 Å². The first-order chi connectivity index (χ1) is 13.0. The number of halogens is 1. The number of hydrogen-bond acceptors (Lipinski definition) is 6. The molecule has 0 saturated heterocycles. The van der Waals surface area contributed by atoms with E-state index in [-0.39, 0.29) is 5.91 Å². The van der Waals surface area contributed by atoms with Gasteiger partial charge in [0, 0.05) is 16.5 Å². The molecule has 0 aliphatic heterocycles. The first-order valence-corrected chi connectivity index (χ1v) is 11.4. The van der Waals surface area contributed by atoms with E-state index in [1.54, 1.807) is 11.8 Å². The average Bonchev–Trinajstić information content (AvgIpc) is 3.11.